The summed E-state index contributed by atoms with van der Waals surface area (Å²) < 4.78 is 6.61. The average Bonchev–Trinajstić information content (AvgIpc) is 2.84. The summed E-state index contributed by atoms with van der Waals surface area (Å²) in [5.41, 5.74) is 0.0136. The van der Waals surface area contributed by atoms with Gasteiger partial charge in [-0.1, -0.05) is 53.6 Å². The third-order valence-corrected chi connectivity index (χ3v) is 8.91. The summed E-state index contributed by atoms with van der Waals surface area (Å²) in [4.78, 5) is 29.0. The van der Waals surface area contributed by atoms with E-state index in [0.29, 0.717) is 12.0 Å². The van der Waals surface area contributed by atoms with Gasteiger partial charge in [-0.15, -0.1) is 0 Å². The van der Waals surface area contributed by atoms with Crippen LogP contribution in [0.3, 0.4) is 0 Å². The minimum atomic E-state index is -1.46. The number of aliphatic hydroxyl groups is 2. The van der Waals surface area contributed by atoms with Crippen LogP contribution < -0.4 is 0 Å². The molecule has 2 saturated heterocycles. The van der Waals surface area contributed by atoms with Crippen molar-refractivity contribution in [3.05, 3.63) is 76.1 Å². The van der Waals surface area contributed by atoms with Gasteiger partial charge in [-0.3, -0.25) is 9.59 Å². The third-order valence-electron chi connectivity index (χ3n) is 8.91. The van der Waals surface area contributed by atoms with Crippen molar-refractivity contribution < 1.29 is 24.5 Å². The second kappa shape index (κ2) is 10.00. The highest BCUT2D eigenvalue weighted by atomic mass is 16.5. The number of carbonyl (C=O) groups is 2. The number of ether oxygens (including phenoxy) is 1. The van der Waals surface area contributed by atoms with Crippen LogP contribution in [-0.4, -0.2) is 33.0 Å². The lowest BCUT2D eigenvalue weighted by molar-refractivity contribution is -0.250. The Morgan fingerprint density at radius 3 is 2.05 bits per heavy atom. The van der Waals surface area contributed by atoms with Crippen molar-refractivity contribution in [2.24, 2.45) is 17.3 Å². The molecule has 4 aliphatic rings. The smallest absolute Gasteiger partial charge is 0.184 e. The number of rotatable bonds is 6. The lowest BCUT2D eigenvalue weighted by Crippen LogP contribution is -2.61. The predicted octanol–water partition coefficient (Wildman–Crippen LogP) is 7.60. The van der Waals surface area contributed by atoms with Crippen molar-refractivity contribution in [1.82, 2.24) is 0 Å². The van der Waals surface area contributed by atoms with Crippen molar-refractivity contribution in [3.8, 4) is 0 Å². The van der Waals surface area contributed by atoms with E-state index in [9.17, 15) is 19.8 Å². The van der Waals surface area contributed by atoms with Gasteiger partial charge in [-0.05, 0) is 86.5 Å². The first-order valence-electron chi connectivity index (χ1n) is 13.7. The SMILES string of the molecule is CC(C)=CCC1(CC=C(C)C)C(=O)C([C@@H]2C[C@H]3CC[C@]2(C)OC3(C)C)=C(O)/C(=C(\O)c2ccccc2)C1=O. The van der Waals surface area contributed by atoms with Gasteiger partial charge < -0.3 is 14.9 Å². The van der Waals surface area contributed by atoms with Crippen LogP contribution in [0.15, 0.2) is 70.5 Å². The molecule has 1 saturated carbocycles. The molecule has 2 N–H and O–H groups in total. The molecule has 0 radical (unpaired) electrons. The fourth-order valence-electron chi connectivity index (χ4n) is 6.59. The van der Waals surface area contributed by atoms with Crippen molar-refractivity contribution in [2.75, 3.05) is 0 Å². The number of aliphatic hydroxyl groups excluding tert-OH is 2. The first kappa shape index (κ1) is 28.1. The molecule has 5 rings (SSSR count). The maximum Gasteiger partial charge on any atom is 0.184 e. The zero-order chi connectivity index (χ0) is 28.0. The van der Waals surface area contributed by atoms with Crippen LogP contribution in [-0.2, 0) is 14.3 Å². The summed E-state index contributed by atoms with van der Waals surface area (Å²) in [5.74, 6) is -1.74. The summed E-state index contributed by atoms with van der Waals surface area (Å²) in [6, 6.07) is 8.75. The van der Waals surface area contributed by atoms with Crippen molar-refractivity contribution >= 4 is 17.3 Å². The maximum absolute atomic E-state index is 14.6. The van der Waals surface area contributed by atoms with Crippen LogP contribution in [0, 0.1) is 17.3 Å². The van der Waals surface area contributed by atoms with Crippen molar-refractivity contribution in [1.29, 1.82) is 0 Å². The standard InChI is InChI=1S/C33H42O5/c1-20(2)13-17-33(18-14-21(3)4)29(36)25(24-19-23-15-16-32(24,7)38-31(23,5)6)28(35)26(30(33)37)27(34)22-11-9-8-10-12-22/h8-14,23-24,34-35H,15-19H2,1-7H3/b27-26+/t23-,24+,32+/m1/s1. The van der Waals surface area contributed by atoms with Gasteiger partial charge in [0, 0.05) is 17.1 Å². The molecule has 2 aliphatic heterocycles. The van der Waals surface area contributed by atoms with Crippen molar-refractivity contribution in [2.45, 2.75) is 91.8 Å². The largest absolute Gasteiger partial charge is 0.507 e. The van der Waals surface area contributed by atoms with Gasteiger partial charge in [0.1, 0.15) is 22.5 Å². The summed E-state index contributed by atoms with van der Waals surface area (Å²) in [6.45, 7) is 14.0. The maximum atomic E-state index is 14.6. The highest BCUT2D eigenvalue weighted by molar-refractivity contribution is 6.26. The lowest BCUT2D eigenvalue weighted by Gasteiger charge is -2.59. The van der Waals surface area contributed by atoms with Crippen LogP contribution >= 0.6 is 0 Å². The molecule has 38 heavy (non-hydrogen) atoms. The van der Waals surface area contributed by atoms with Crippen LogP contribution in [0.5, 0.6) is 0 Å². The number of fused-ring (bicyclic) bond motifs is 3. The number of Topliss-reactive ketones (excluding diaryl/α,β-unsaturated/α-hetero) is 2. The highest BCUT2D eigenvalue weighted by Crippen LogP contribution is 2.57. The van der Waals surface area contributed by atoms with E-state index in [-0.39, 0.29) is 53.0 Å². The van der Waals surface area contributed by atoms with E-state index in [1.807, 2.05) is 52.8 Å². The molecule has 0 amide bonds. The Bertz CT molecular complexity index is 1230. The molecule has 2 aliphatic carbocycles. The fraction of sp³-hybridized carbons (Fsp3) is 0.515. The van der Waals surface area contributed by atoms with Crippen LogP contribution in [0.1, 0.15) is 86.1 Å². The quantitative estimate of drug-likeness (QED) is 0.175. The molecule has 3 atom stereocenters. The van der Waals surface area contributed by atoms with E-state index in [2.05, 4.69) is 13.8 Å². The molecule has 2 bridgehead atoms. The Morgan fingerprint density at radius 1 is 0.974 bits per heavy atom. The van der Waals surface area contributed by atoms with Crippen LogP contribution in [0.2, 0.25) is 0 Å². The highest BCUT2D eigenvalue weighted by Gasteiger charge is 2.61. The molecule has 0 unspecified atom stereocenters. The Kier molecular flexibility index (Phi) is 7.39. The number of allylic oxidation sites excluding steroid dienone is 5. The van der Waals surface area contributed by atoms with Crippen molar-refractivity contribution in [3.63, 3.8) is 0 Å². The van der Waals surface area contributed by atoms with E-state index in [1.165, 1.54) is 0 Å². The van der Waals surface area contributed by atoms with Gasteiger partial charge in [-0.25, -0.2) is 0 Å². The molecular formula is C33H42O5. The summed E-state index contributed by atoms with van der Waals surface area (Å²) in [6.07, 6.45) is 6.66. The van der Waals surface area contributed by atoms with E-state index in [1.54, 1.807) is 24.3 Å². The molecular weight excluding hydrogens is 476 g/mol. The average molecular weight is 519 g/mol. The number of carbonyl (C=O) groups excluding carboxylic acids is 2. The molecule has 1 aromatic rings. The molecule has 1 aromatic carbocycles. The topological polar surface area (TPSA) is 83.8 Å². The normalized spacial score (nSPS) is 29.2. The number of benzene rings is 1. The Balaban J connectivity index is 2.00. The Morgan fingerprint density at radius 2 is 1.55 bits per heavy atom. The summed E-state index contributed by atoms with van der Waals surface area (Å²) >= 11 is 0. The van der Waals surface area contributed by atoms with Gasteiger partial charge in [0.05, 0.1) is 11.2 Å². The fourth-order valence-corrected chi connectivity index (χ4v) is 6.59. The third kappa shape index (κ3) is 4.70. The zero-order valence-corrected chi connectivity index (χ0v) is 23.9. The van der Waals surface area contributed by atoms with E-state index in [0.717, 1.165) is 24.0 Å². The van der Waals surface area contributed by atoms with E-state index >= 15 is 0 Å². The van der Waals surface area contributed by atoms with Gasteiger partial charge >= 0.3 is 0 Å². The first-order chi connectivity index (χ1) is 17.7. The molecule has 5 nitrogen and oxygen atoms in total. The number of ketones is 2. The van der Waals surface area contributed by atoms with Gasteiger partial charge in [0.2, 0.25) is 0 Å². The first-order valence-corrected chi connectivity index (χ1v) is 13.7. The van der Waals surface area contributed by atoms with Gasteiger partial charge in [-0.2, -0.15) is 0 Å². The molecule has 3 fully saturated rings. The second-order valence-electron chi connectivity index (χ2n) is 12.6. The number of hydrogen-bond acceptors (Lipinski definition) is 5. The molecule has 204 valence electrons. The summed E-state index contributed by atoms with van der Waals surface area (Å²) in [5, 5.41) is 23.2. The Hall–Kier alpha value is -2.92. The summed E-state index contributed by atoms with van der Waals surface area (Å²) in [7, 11) is 0. The molecule has 0 aromatic heterocycles. The van der Waals surface area contributed by atoms with E-state index < -0.39 is 22.6 Å². The van der Waals surface area contributed by atoms with E-state index in [4.69, 9.17) is 4.74 Å². The second-order valence-corrected chi connectivity index (χ2v) is 12.6. The minimum Gasteiger partial charge on any atom is -0.507 e. The number of hydrogen-bond donors (Lipinski definition) is 2. The van der Waals surface area contributed by atoms with Gasteiger partial charge in [0.25, 0.3) is 0 Å². The predicted molar refractivity (Wildman–Crippen MR) is 151 cm³/mol. The van der Waals surface area contributed by atoms with Crippen LogP contribution in [0.25, 0.3) is 5.76 Å². The zero-order valence-electron chi connectivity index (χ0n) is 23.9. The molecule has 5 heteroatoms. The monoisotopic (exact) mass is 518 g/mol. The Labute approximate surface area is 227 Å². The van der Waals surface area contributed by atoms with Crippen LogP contribution in [0.4, 0.5) is 0 Å². The molecule has 0 spiro atoms. The lowest BCUT2D eigenvalue weighted by atomic mass is 9.56. The van der Waals surface area contributed by atoms with Gasteiger partial charge in [0.15, 0.2) is 11.6 Å². The minimum absolute atomic E-state index is 0.167. The molecule has 2 heterocycles.